The molecule has 2 rings (SSSR count). The van der Waals surface area contributed by atoms with Crippen LogP contribution in [0.15, 0.2) is 45.8 Å². The van der Waals surface area contributed by atoms with Gasteiger partial charge in [-0.25, -0.2) is 8.78 Å². The molecule has 0 unspecified atom stereocenters. The highest BCUT2D eigenvalue weighted by Gasteiger charge is 2.07. The maximum atomic E-state index is 13.5. The fraction of sp³-hybridized carbons (Fsp3) is 0.143. The van der Waals surface area contributed by atoms with Crippen LogP contribution in [0.2, 0.25) is 0 Å². The number of anilines is 1. The van der Waals surface area contributed by atoms with Crippen molar-refractivity contribution in [3.8, 4) is 0 Å². The molecule has 0 fully saturated rings. The zero-order valence-electron chi connectivity index (χ0n) is 10.2. The van der Waals surface area contributed by atoms with Crippen LogP contribution in [0.5, 0.6) is 0 Å². The number of thioether (sulfide) groups is 1. The molecule has 0 aliphatic heterocycles. The Kier molecular flexibility index (Phi) is 4.82. The van der Waals surface area contributed by atoms with Gasteiger partial charge in [0.1, 0.15) is 11.6 Å². The Morgan fingerprint density at radius 3 is 2.42 bits per heavy atom. The summed E-state index contributed by atoms with van der Waals surface area (Å²) in [5.41, 5.74) is 1.32. The molecule has 0 atom stereocenters. The van der Waals surface area contributed by atoms with Crippen LogP contribution < -0.4 is 5.32 Å². The third kappa shape index (κ3) is 3.70. The number of benzene rings is 2. The minimum absolute atomic E-state index is 0.245. The first kappa shape index (κ1) is 14.3. The predicted molar refractivity (Wildman–Crippen MR) is 79.6 cm³/mol. The molecule has 0 aliphatic rings. The van der Waals surface area contributed by atoms with E-state index in [9.17, 15) is 8.78 Å². The summed E-state index contributed by atoms with van der Waals surface area (Å²) in [5, 5.41) is 2.96. The van der Waals surface area contributed by atoms with Crippen LogP contribution in [0.4, 0.5) is 14.5 Å². The molecule has 0 heterocycles. The van der Waals surface area contributed by atoms with E-state index in [1.54, 1.807) is 11.8 Å². The summed E-state index contributed by atoms with van der Waals surface area (Å²) in [6.07, 6.45) is 2.01. The van der Waals surface area contributed by atoms with Crippen molar-refractivity contribution < 1.29 is 8.78 Å². The van der Waals surface area contributed by atoms with Crippen molar-refractivity contribution in [2.24, 2.45) is 0 Å². The average Bonchev–Trinajstić information content (AvgIpc) is 2.42. The first-order valence-corrected chi connectivity index (χ1v) is 7.63. The van der Waals surface area contributed by atoms with Gasteiger partial charge in [-0.1, -0.05) is 12.1 Å². The second kappa shape index (κ2) is 6.39. The van der Waals surface area contributed by atoms with Crippen LogP contribution >= 0.6 is 27.7 Å². The van der Waals surface area contributed by atoms with Gasteiger partial charge in [0.05, 0.1) is 10.2 Å². The van der Waals surface area contributed by atoms with Gasteiger partial charge >= 0.3 is 0 Å². The monoisotopic (exact) mass is 343 g/mol. The van der Waals surface area contributed by atoms with E-state index in [-0.39, 0.29) is 10.2 Å². The van der Waals surface area contributed by atoms with Crippen LogP contribution in [0.25, 0.3) is 0 Å². The van der Waals surface area contributed by atoms with Gasteiger partial charge < -0.3 is 5.32 Å². The van der Waals surface area contributed by atoms with Crippen molar-refractivity contribution in [2.45, 2.75) is 11.4 Å². The van der Waals surface area contributed by atoms with Crippen molar-refractivity contribution in [1.82, 2.24) is 0 Å². The molecule has 100 valence electrons. The lowest BCUT2D eigenvalue weighted by Gasteiger charge is -2.09. The maximum Gasteiger partial charge on any atom is 0.149 e. The fourth-order valence-electron chi connectivity index (χ4n) is 1.60. The molecular formula is C14H12BrF2NS. The average molecular weight is 344 g/mol. The Hall–Kier alpha value is -1.07. The molecule has 0 saturated heterocycles. The summed E-state index contributed by atoms with van der Waals surface area (Å²) in [4.78, 5) is 1.18. The molecule has 19 heavy (non-hydrogen) atoms. The molecule has 0 bridgehead atoms. The van der Waals surface area contributed by atoms with Crippen molar-refractivity contribution in [1.29, 1.82) is 0 Å². The van der Waals surface area contributed by atoms with Gasteiger partial charge in [0.25, 0.3) is 0 Å². The topological polar surface area (TPSA) is 12.0 Å². The summed E-state index contributed by atoms with van der Waals surface area (Å²) in [5.74, 6) is -1.20. The highest BCUT2D eigenvalue weighted by molar-refractivity contribution is 9.10. The summed E-state index contributed by atoms with van der Waals surface area (Å²) < 4.78 is 26.9. The van der Waals surface area contributed by atoms with E-state index in [2.05, 4.69) is 21.2 Å². The van der Waals surface area contributed by atoms with Crippen LogP contribution in [-0.4, -0.2) is 6.26 Å². The Labute approximate surface area is 123 Å². The summed E-state index contributed by atoms with van der Waals surface area (Å²) >= 11 is 4.71. The van der Waals surface area contributed by atoms with Gasteiger partial charge in [0.15, 0.2) is 0 Å². The van der Waals surface area contributed by atoms with Gasteiger partial charge in [-0.3, -0.25) is 0 Å². The van der Waals surface area contributed by atoms with E-state index in [1.807, 2.05) is 30.5 Å². The van der Waals surface area contributed by atoms with Gasteiger partial charge in [0.2, 0.25) is 0 Å². The van der Waals surface area contributed by atoms with Crippen LogP contribution in [0.3, 0.4) is 0 Å². The summed E-state index contributed by atoms with van der Waals surface area (Å²) in [7, 11) is 0. The molecule has 2 aromatic rings. The molecule has 0 aromatic heterocycles. The largest absolute Gasteiger partial charge is 0.379 e. The first-order chi connectivity index (χ1) is 9.10. The van der Waals surface area contributed by atoms with E-state index in [0.717, 1.165) is 11.6 Å². The SMILES string of the molecule is CSc1ccc(CNc2cc(Br)c(F)cc2F)cc1. The van der Waals surface area contributed by atoms with Crippen LogP contribution in [0.1, 0.15) is 5.56 Å². The number of nitrogens with one attached hydrogen (secondary N) is 1. The lowest BCUT2D eigenvalue weighted by Crippen LogP contribution is -2.02. The Morgan fingerprint density at radius 2 is 1.79 bits per heavy atom. The second-order valence-corrected chi connectivity index (χ2v) is 5.68. The normalized spacial score (nSPS) is 10.5. The first-order valence-electron chi connectivity index (χ1n) is 5.61. The zero-order chi connectivity index (χ0) is 13.8. The molecule has 0 aliphatic carbocycles. The molecule has 0 radical (unpaired) electrons. The van der Waals surface area contributed by atoms with Crippen molar-refractivity contribution in [3.05, 3.63) is 58.1 Å². The van der Waals surface area contributed by atoms with E-state index in [4.69, 9.17) is 0 Å². The minimum Gasteiger partial charge on any atom is -0.379 e. The van der Waals surface area contributed by atoms with E-state index in [1.165, 1.54) is 11.0 Å². The van der Waals surface area contributed by atoms with Gasteiger partial charge in [-0.2, -0.15) is 0 Å². The zero-order valence-corrected chi connectivity index (χ0v) is 12.6. The third-order valence-corrected chi connectivity index (χ3v) is 4.00. The quantitative estimate of drug-likeness (QED) is 0.615. The molecule has 5 heteroatoms. The van der Waals surface area contributed by atoms with Crippen LogP contribution in [-0.2, 0) is 6.54 Å². The molecule has 2 aromatic carbocycles. The second-order valence-electron chi connectivity index (χ2n) is 3.95. The van der Waals surface area contributed by atoms with E-state index in [0.29, 0.717) is 6.54 Å². The summed E-state index contributed by atoms with van der Waals surface area (Å²) in [6.45, 7) is 0.490. The lowest BCUT2D eigenvalue weighted by atomic mass is 10.2. The number of rotatable bonds is 4. The highest BCUT2D eigenvalue weighted by Crippen LogP contribution is 2.24. The molecule has 0 saturated carbocycles. The minimum atomic E-state index is -0.604. The molecular weight excluding hydrogens is 332 g/mol. The Balaban J connectivity index is 2.07. The standard InChI is InChI=1S/C14H12BrF2NS/c1-19-10-4-2-9(3-5-10)8-18-14-6-11(15)12(16)7-13(14)17/h2-7,18H,8H2,1H3. The molecule has 0 amide bonds. The predicted octanol–water partition coefficient (Wildman–Crippen LogP) is 5.06. The smallest absolute Gasteiger partial charge is 0.149 e. The summed E-state index contributed by atoms with van der Waals surface area (Å²) in [6, 6.07) is 10.3. The third-order valence-electron chi connectivity index (χ3n) is 2.65. The molecule has 1 N–H and O–H groups in total. The van der Waals surface area contributed by atoms with Crippen molar-refractivity contribution in [2.75, 3.05) is 11.6 Å². The highest BCUT2D eigenvalue weighted by atomic mass is 79.9. The number of halogens is 3. The maximum absolute atomic E-state index is 13.5. The lowest BCUT2D eigenvalue weighted by molar-refractivity contribution is 0.580. The van der Waals surface area contributed by atoms with Crippen LogP contribution in [0, 0.1) is 11.6 Å². The number of hydrogen-bond acceptors (Lipinski definition) is 2. The Bertz CT molecular complexity index is 572. The van der Waals surface area contributed by atoms with E-state index >= 15 is 0 Å². The van der Waals surface area contributed by atoms with E-state index < -0.39 is 11.6 Å². The van der Waals surface area contributed by atoms with Crippen molar-refractivity contribution in [3.63, 3.8) is 0 Å². The number of hydrogen-bond donors (Lipinski definition) is 1. The van der Waals surface area contributed by atoms with Gasteiger partial charge in [-0.05, 0) is 45.9 Å². The fourth-order valence-corrected chi connectivity index (χ4v) is 2.35. The molecule has 1 nitrogen and oxygen atoms in total. The Morgan fingerprint density at radius 1 is 1.11 bits per heavy atom. The molecule has 0 spiro atoms. The van der Waals surface area contributed by atoms with Gasteiger partial charge in [-0.15, -0.1) is 11.8 Å². The van der Waals surface area contributed by atoms with Crippen molar-refractivity contribution >= 4 is 33.4 Å². The van der Waals surface area contributed by atoms with Gasteiger partial charge in [0, 0.05) is 17.5 Å².